The number of nitrogens with zero attached hydrogens (tertiary/aromatic N) is 1. The van der Waals surface area contributed by atoms with Crippen molar-refractivity contribution in [2.24, 2.45) is 0 Å². The standard InChI is InChI=1S/C15H19N3/c1-11-4-6-12(7-5-11)14-10-17-18-15(14)13-3-2-8-16-9-13/h4-7,10,13,16H,2-3,8-9H2,1H3,(H,17,18)/t13-/m1/s1. The minimum Gasteiger partial charge on any atom is -0.316 e. The maximum atomic E-state index is 4.24. The molecule has 94 valence electrons. The van der Waals surface area contributed by atoms with Crippen LogP contribution in [0.5, 0.6) is 0 Å². The molecule has 0 spiro atoms. The first kappa shape index (κ1) is 11.5. The predicted octanol–water partition coefficient (Wildman–Crippen LogP) is 2.85. The fourth-order valence-corrected chi connectivity index (χ4v) is 2.67. The average Bonchev–Trinajstić information content (AvgIpc) is 2.90. The minimum atomic E-state index is 0.567. The van der Waals surface area contributed by atoms with Gasteiger partial charge < -0.3 is 5.32 Å². The molecule has 1 saturated heterocycles. The molecule has 3 nitrogen and oxygen atoms in total. The molecule has 18 heavy (non-hydrogen) atoms. The smallest absolute Gasteiger partial charge is 0.0568 e. The third-order valence-corrected chi connectivity index (χ3v) is 3.74. The molecule has 3 rings (SSSR count). The monoisotopic (exact) mass is 241 g/mol. The molecule has 1 aliphatic heterocycles. The van der Waals surface area contributed by atoms with Gasteiger partial charge in [-0.05, 0) is 31.9 Å². The second kappa shape index (κ2) is 4.94. The van der Waals surface area contributed by atoms with Crippen LogP contribution in [0.4, 0.5) is 0 Å². The number of hydrogen-bond donors (Lipinski definition) is 2. The summed E-state index contributed by atoms with van der Waals surface area (Å²) >= 11 is 0. The number of aryl methyl sites for hydroxylation is 1. The minimum absolute atomic E-state index is 0.567. The molecule has 1 atom stereocenters. The molecule has 0 saturated carbocycles. The van der Waals surface area contributed by atoms with Gasteiger partial charge in [-0.15, -0.1) is 0 Å². The molecular weight excluding hydrogens is 222 g/mol. The van der Waals surface area contributed by atoms with Crippen LogP contribution in [0.2, 0.25) is 0 Å². The van der Waals surface area contributed by atoms with Crippen molar-refractivity contribution in [3.05, 3.63) is 41.7 Å². The van der Waals surface area contributed by atoms with E-state index in [2.05, 4.69) is 46.7 Å². The lowest BCUT2D eigenvalue weighted by Crippen LogP contribution is -2.28. The summed E-state index contributed by atoms with van der Waals surface area (Å²) in [5.41, 5.74) is 5.09. The maximum absolute atomic E-state index is 4.24. The van der Waals surface area contributed by atoms with E-state index in [1.54, 1.807) is 0 Å². The average molecular weight is 241 g/mol. The lowest BCUT2D eigenvalue weighted by molar-refractivity contribution is 0.455. The molecule has 0 bridgehead atoms. The Bertz CT molecular complexity index is 507. The van der Waals surface area contributed by atoms with Crippen molar-refractivity contribution >= 4 is 0 Å². The van der Waals surface area contributed by atoms with Crippen LogP contribution in [-0.2, 0) is 0 Å². The lowest BCUT2D eigenvalue weighted by Gasteiger charge is -2.22. The van der Waals surface area contributed by atoms with Gasteiger partial charge in [-0.3, -0.25) is 5.10 Å². The third kappa shape index (κ3) is 2.18. The number of piperidine rings is 1. The van der Waals surface area contributed by atoms with E-state index in [0.717, 1.165) is 13.1 Å². The first-order valence-corrected chi connectivity index (χ1v) is 6.65. The molecule has 2 aromatic rings. The second-order valence-corrected chi connectivity index (χ2v) is 5.11. The molecule has 1 fully saturated rings. The van der Waals surface area contributed by atoms with E-state index in [4.69, 9.17) is 0 Å². The highest BCUT2D eigenvalue weighted by Crippen LogP contribution is 2.30. The zero-order valence-corrected chi connectivity index (χ0v) is 10.7. The summed E-state index contributed by atoms with van der Waals surface area (Å²) in [5.74, 6) is 0.567. The fourth-order valence-electron chi connectivity index (χ4n) is 2.67. The summed E-state index contributed by atoms with van der Waals surface area (Å²) in [6.07, 6.45) is 4.44. The molecule has 1 aromatic heterocycles. The van der Waals surface area contributed by atoms with Crippen molar-refractivity contribution < 1.29 is 0 Å². The van der Waals surface area contributed by atoms with E-state index >= 15 is 0 Å². The first-order chi connectivity index (χ1) is 8.84. The normalized spacial score (nSPS) is 19.9. The first-order valence-electron chi connectivity index (χ1n) is 6.65. The Morgan fingerprint density at radius 1 is 1.22 bits per heavy atom. The molecule has 0 amide bonds. The summed E-state index contributed by atoms with van der Waals surface area (Å²) in [4.78, 5) is 0. The summed E-state index contributed by atoms with van der Waals surface area (Å²) in [7, 11) is 0. The summed E-state index contributed by atoms with van der Waals surface area (Å²) in [6, 6.07) is 8.68. The molecular formula is C15H19N3. The van der Waals surface area contributed by atoms with Gasteiger partial charge in [0, 0.05) is 23.7 Å². The summed E-state index contributed by atoms with van der Waals surface area (Å²) in [6.45, 7) is 4.32. The van der Waals surface area contributed by atoms with Crippen molar-refractivity contribution in [2.45, 2.75) is 25.7 Å². The van der Waals surface area contributed by atoms with Crippen LogP contribution in [-0.4, -0.2) is 23.3 Å². The highest BCUT2D eigenvalue weighted by molar-refractivity contribution is 5.66. The Balaban J connectivity index is 1.93. The van der Waals surface area contributed by atoms with Crippen LogP contribution in [0.1, 0.15) is 30.0 Å². The molecule has 2 N–H and O–H groups in total. The van der Waals surface area contributed by atoms with Crippen LogP contribution in [0.25, 0.3) is 11.1 Å². The quantitative estimate of drug-likeness (QED) is 0.848. The second-order valence-electron chi connectivity index (χ2n) is 5.11. The highest BCUT2D eigenvalue weighted by Gasteiger charge is 2.20. The predicted molar refractivity (Wildman–Crippen MR) is 73.6 cm³/mol. The van der Waals surface area contributed by atoms with Gasteiger partial charge in [-0.25, -0.2) is 0 Å². The van der Waals surface area contributed by atoms with Gasteiger partial charge in [0.2, 0.25) is 0 Å². The number of aromatic amines is 1. The van der Waals surface area contributed by atoms with Crippen LogP contribution in [0.15, 0.2) is 30.5 Å². The fraction of sp³-hybridized carbons (Fsp3) is 0.400. The van der Waals surface area contributed by atoms with E-state index in [1.807, 2.05) is 6.20 Å². The Morgan fingerprint density at radius 3 is 2.78 bits per heavy atom. The number of hydrogen-bond acceptors (Lipinski definition) is 2. The van der Waals surface area contributed by atoms with Crippen molar-refractivity contribution in [1.82, 2.24) is 15.5 Å². The van der Waals surface area contributed by atoms with Crippen molar-refractivity contribution in [3.63, 3.8) is 0 Å². The Morgan fingerprint density at radius 2 is 2.06 bits per heavy atom. The number of benzene rings is 1. The zero-order chi connectivity index (χ0) is 12.4. The Kier molecular flexibility index (Phi) is 3.15. The largest absolute Gasteiger partial charge is 0.316 e. The number of H-pyrrole nitrogens is 1. The van der Waals surface area contributed by atoms with Crippen molar-refractivity contribution in [1.29, 1.82) is 0 Å². The van der Waals surface area contributed by atoms with Gasteiger partial charge in [0.05, 0.1) is 6.20 Å². The highest BCUT2D eigenvalue weighted by atomic mass is 15.1. The van der Waals surface area contributed by atoms with Gasteiger partial charge in [0.25, 0.3) is 0 Å². The van der Waals surface area contributed by atoms with Crippen LogP contribution < -0.4 is 5.32 Å². The molecule has 0 aliphatic carbocycles. The van der Waals surface area contributed by atoms with E-state index in [9.17, 15) is 0 Å². The summed E-state index contributed by atoms with van der Waals surface area (Å²) in [5, 5.41) is 10.9. The van der Waals surface area contributed by atoms with Gasteiger partial charge in [0.15, 0.2) is 0 Å². The molecule has 0 radical (unpaired) electrons. The molecule has 0 unspecified atom stereocenters. The third-order valence-electron chi connectivity index (χ3n) is 3.74. The molecule has 1 aromatic carbocycles. The van der Waals surface area contributed by atoms with Crippen molar-refractivity contribution in [3.8, 4) is 11.1 Å². The van der Waals surface area contributed by atoms with E-state index in [-0.39, 0.29) is 0 Å². The SMILES string of the molecule is Cc1ccc(-c2cn[nH]c2[C@@H]2CCCNC2)cc1. The molecule has 1 aliphatic rings. The Labute approximate surface area is 108 Å². The van der Waals surface area contributed by atoms with Crippen molar-refractivity contribution in [2.75, 3.05) is 13.1 Å². The number of aromatic nitrogens is 2. The number of rotatable bonds is 2. The van der Waals surface area contributed by atoms with Crippen LogP contribution >= 0.6 is 0 Å². The van der Waals surface area contributed by atoms with Gasteiger partial charge in [0.1, 0.15) is 0 Å². The van der Waals surface area contributed by atoms with E-state index in [1.165, 1.54) is 35.2 Å². The Hall–Kier alpha value is -1.61. The van der Waals surface area contributed by atoms with E-state index < -0.39 is 0 Å². The topological polar surface area (TPSA) is 40.7 Å². The zero-order valence-electron chi connectivity index (χ0n) is 10.7. The van der Waals surface area contributed by atoms with Gasteiger partial charge in [-0.1, -0.05) is 29.8 Å². The summed E-state index contributed by atoms with van der Waals surface area (Å²) < 4.78 is 0. The van der Waals surface area contributed by atoms with Gasteiger partial charge >= 0.3 is 0 Å². The van der Waals surface area contributed by atoms with E-state index in [0.29, 0.717) is 5.92 Å². The van der Waals surface area contributed by atoms with Crippen LogP contribution in [0.3, 0.4) is 0 Å². The van der Waals surface area contributed by atoms with Gasteiger partial charge in [-0.2, -0.15) is 5.10 Å². The molecule has 3 heteroatoms. The van der Waals surface area contributed by atoms with Crippen LogP contribution in [0, 0.1) is 6.92 Å². The lowest BCUT2D eigenvalue weighted by atomic mass is 9.91. The molecule has 2 heterocycles. The maximum Gasteiger partial charge on any atom is 0.0568 e. The number of nitrogens with one attached hydrogen (secondary N) is 2.